The second kappa shape index (κ2) is 12.4. The number of pyridine rings is 1. The van der Waals surface area contributed by atoms with Crippen LogP contribution in [0.25, 0.3) is 0 Å². The first-order chi connectivity index (χ1) is 20.9. The van der Waals surface area contributed by atoms with E-state index in [4.69, 9.17) is 11.6 Å². The number of nitrogens with one attached hydrogen (secondary N) is 1. The van der Waals surface area contributed by atoms with E-state index in [0.717, 1.165) is 21.9 Å². The lowest BCUT2D eigenvalue weighted by Crippen LogP contribution is -2.56. The normalized spacial score (nSPS) is 19.0. The van der Waals surface area contributed by atoms with Crippen molar-refractivity contribution in [1.29, 1.82) is 5.26 Å². The second-order valence-electron chi connectivity index (χ2n) is 10.5. The zero-order valence-corrected chi connectivity index (χ0v) is 24.7. The smallest absolute Gasteiger partial charge is 0.252 e. The first-order valence-corrected chi connectivity index (χ1v) is 15.4. The molecule has 9 nitrogen and oxygen atoms in total. The molecule has 2 aliphatic rings. The van der Waals surface area contributed by atoms with Crippen molar-refractivity contribution < 1.29 is 31.8 Å². The van der Waals surface area contributed by atoms with E-state index in [1.807, 2.05) is 6.07 Å². The number of carbonyl (C=O) groups excluding carboxylic acids is 3. The van der Waals surface area contributed by atoms with Crippen LogP contribution in [-0.4, -0.2) is 51.2 Å². The first kappa shape index (κ1) is 31.2. The fraction of sp³-hybridized carbons (Fsp3) is 0.300. The third-order valence-corrected chi connectivity index (χ3v) is 8.71. The van der Waals surface area contributed by atoms with Gasteiger partial charge in [-0.3, -0.25) is 28.4 Å². The fourth-order valence-electron chi connectivity index (χ4n) is 5.38. The molecule has 1 saturated heterocycles. The lowest BCUT2D eigenvalue weighted by atomic mass is 9.87. The minimum atomic E-state index is -2.95. The Bertz CT molecular complexity index is 1710. The van der Waals surface area contributed by atoms with Crippen molar-refractivity contribution in [2.24, 2.45) is 0 Å². The molecule has 1 saturated carbocycles. The fourth-order valence-corrected chi connectivity index (χ4v) is 6.18. The first-order valence-electron chi connectivity index (χ1n) is 13.5. The lowest BCUT2D eigenvalue weighted by Gasteiger charge is -2.39. The maximum absolute atomic E-state index is 15.0. The van der Waals surface area contributed by atoms with Crippen LogP contribution in [0.3, 0.4) is 0 Å². The number of aromatic nitrogens is 1. The van der Waals surface area contributed by atoms with Crippen molar-refractivity contribution >= 4 is 51.6 Å². The number of hydrogen-bond acceptors (Lipinski definition) is 6. The van der Waals surface area contributed by atoms with Crippen LogP contribution >= 0.6 is 11.6 Å². The summed E-state index contributed by atoms with van der Waals surface area (Å²) in [6, 6.07) is 10.3. The molecule has 0 spiro atoms. The van der Waals surface area contributed by atoms with Crippen LogP contribution in [0.1, 0.15) is 42.9 Å². The van der Waals surface area contributed by atoms with Crippen molar-refractivity contribution in [2.75, 3.05) is 16.1 Å². The molecule has 1 aromatic heterocycles. The number of nitrogens with zero attached hydrogens (tertiary/aromatic N) is 4. The number of carbonyl (C=O) groups is 3. The van der Waals surface area contributed by atoms with Gasteiger partial charge in [0.2, 0.25) is 11.8 Å². The number of halogens is 4. The minimum absolute atomic E-state index is 0.0116. The van der Waals surface area contributed by atoms with Crippen molar-refractivity contribution in [1.82, 2.24) is 10.3 Å². The molecule has 3 unspecified atom stereocenters. The number of hydrogen-bond donors (Lipinski definition) is 1. The molecule has 1 N–H and O–H groups in total. The Morgan fingerprint density at radius 1 is 1.20 bits per heavy atom. The summed E-state index contributed by atoms with van der Waals surface area (Å²) in [5.74, 6) is -5.96. The summed E-state index contributed by atoms with van der Waals surface area (Å²) in [7, 11) is -1.70. The van der Waals surface area contributed by atoms with Gasteiger partial charge in [0, 0.05) is 69.7 Å². The summed E-state index contributed by atoms with van der Waals surface area (Å²) < 4.78 is 54.7. The highest BCUT2D eigenvalue weighted by atomic mass is 35.5. The summed E-state index contributed by atoms with van der Waals surface area (Å²) in [4.78, 5) is 47.9. The Morgan fingerprint density at radius 2 is 1.93 bits per heavy atom. The molecule has 5 rings (SSSR count). The van der Waals surface area contributed by atoms with E-state index in [9.17, 15) is 37.0 Å². The van der Waals surface area contributed by atoms with Gasteiger partial charge in [-0.05, 0) is 42.8 Å². The topological polar surface area (TPSA) is 123 Å². The second-order valence-corrected chi connectivity index (χ2v) is 12.3. The molecule has 3 atom stereocenters. The third kappa shape index (κ3) is 6.32. The van der Waals surface area contributed by atoms with Gasteiger partial charge in [0.05, 0.1) is 11.6 Å². The van der Waals surface area contributed by atoms with Gasteiger partial charge in [0.25, 0.3) is 11.8 Å². The zero-order valence-electron chi connectivity index (χ0n) is 23.2. The van der Waals surface area contributed by atoms with E-state index in [2.05, 4.69) is 10.3 Å². The summed E-state index contributed by atoms with van der Waals surface area (Å²) in [5.41, 5.74) is 0.121. The Hall–Kier alpha value is -4.28. The van der Waals surface area contributed by atoms with E-state index in [-0.39, 0.29) is 45.4 Å². The highest BCUT2D eigenvalue weighted by molar-refractivity contribution is 7.84. The number of alkyl halides is 2. The summed E-state index contributed by atoms with van der Waals surface area (Å²) in [6.45, 7) is 0. The van der Waals surface area contributed by atoms with Crippen LogP contribution in [-0.2, 0) is 25.2 Å². The Balaban J connectivity index is 1.66. The van der Waals surface area contributed by atoms with Crippen molar-refractivity contribution in [3.63, 3.8) is 0 Å². The molecule has 3 amide bonds. The van der Waals surface area contributed by atoms with E-state index < -0.39 is 71.2 Å². The van der Waals surface area contributed by atoms with Crippen LogP contribution in [0.2, 0.25) is 5.02 Å². The molecule has 1 aliphatic heterocycles. The Morgan fingerprint density at radius 3 is 2.59 bits per heavy atom. The highest BCUT2D eigenvalue weighted by Crippen LogP contribution is 2.40. The number of amides is 3. The van der Waals surface area contributed by atoms with E-state index in [1.165, 1.54) is 42.8 Å². The number of benzene rings is 2. The zero-order chi connectivity index (χ0) is 31.8. The Labute approximate surface area is 258 Å². The van der Waals surface area contributed by atoms with Gasteiger partial charge < -0.3 is 5.32 Å². The molecule has 2 fully saturated rings. The monoisotopic (exact) mass is 643 g/mol. The summed E-state index contributed by atoms with van der Waals surface area (Å²) in [5, 5.41) is 12.0. The largest absolute Gasteiger partial charge is 0.351 e. The van der Waals surface area contributed by atoms with Gasteiger partial charge in [0.1, 0.15) is 23.7 Å². The molecular formula is C30H25ClF3N5O4S. The molecule has 1 aliphatic carbocycles. The molecule has 0 radical (unpaired) electrons. The summed E-state index contributed by atoms with van der Waals surface area (Å²) in [6.07, 6.45) is 1.32. The average Bonchev–Trinajstić information content (AvgIpc) is 3.36. The van der Waals surface area contributed by atoms with Crippen LogP contribution < -0.4 is 15.1 Å². The van der Waals surface area contributed by atoms with Crippen LogP contribution in [0.4, 0.5) is 24.7 Å². The molecule has 14 heteroatoms. The standard InChI is InChI=1S/C30H25ClF3N5O4S/c1-44(43)21-12-18(32)11-20(13-21)38(29(42)24-6-7-26(40)39(24)25-10-17(16-35)8-9-36-25)27(22-4-2-3-5-23(22)31)28(41)37-19-14-30(33,34)15-19/h2-5,8-13,19,24,27H,6-7,14-15H2,1H3,(H,37,41). The maximum Gasteiger partial charge on any atom is 0.252 e. The predicted octanol–water partition coefficient (Wildman–Crippen LogP) is 4.67. The van der Waals surface area contributed by atoms with Gasteiger partial charge >= 0.3 is 0 Å². The van der Waals surface area contributed by atoms with E-state index in [0.29, 0.717) is 0 Å². The third-order valence-electron chi connectivity index (χ3n) is 7.46. The van der Waals surface area contributed by atoms with Crippen LogP contribution in [0.5, 0.6) is 0 Å². The minimum Gasteiger partial charge on any atom is -0.351 e. The maximum atomic E-state index is 15.0. The van der Waals surface area contributed by atoms with E-state index >= 15 is 0 Å². The molecule has 2 heterocycles. The molecule has 2 aromatic carbocycles. The number of nitriles is 1. The molecule has 0 bridgehead atoms. The Kier molecular flexibility index (Phi) is 8.76. The van der Waals surface area contributed by atoms with Gasteiger partial charge in [-0.15, -0.1) is 0 Å². The van der Waals surface area contributed by atoms with Gasteiger partial charge in [-0.1, -0.05) is 29.8 Å². The van der Waals surface area contributed by atoms with Gasteiger partial charge in [0.15, 0.2) is 0 Å². The van der Waals surface area contributed by atoms with Crippen LogP contribution in [0.15, 0.2) is 65.7 Å². The van der Waals surface area contributed by atoms with E-state index in [1.54, 1.807) is 12.1 Å². The number of anilines is 2. The summed E-state index contributed by atoms with van der Waals surface area (Å²) >= 11 is 6.52. The molecule has 228 valence electrons. The average molecular weight is 644 g/mol. The van der Waals surface area contributed by atoms with Gasteiger partial charge in [-0.25, -0.2) is 18.2 Å². The quantitative estimate of drug-likeness (QED) is 0.381. The highest BCUT2D eigenvalue weighted by Gasteiger charge is 2.48. The van der Waals surface area contributed by atoms with Crippen molar-refractivity contribution in [3.05, 3.63) is 82.8 Å². The molecular weight excluding hydrogens is 619 g/mol. The number of rotatable bonds is 8. The molecule has 44 heavy (non-hydrogen) atoms. The van der Waals surface area contributed by atoms with Crippen LogP contribution in [0, 0.1) is 17.1 Å². The predicted molar refractivity (Wildman–Crippen MR) is 156 cm³/mol. The SMILES string of the molecule is CS(=O)c1cc(F)cc(N(C(=O)C2CCC(=O)N2c2cc(C#N)ccn2)C(C(=O)NC2CC(F)(F)C2)c2ccccc2Cl)c1. The van der Waals surface area contributed by atoms with Crippen molar-refractivity contribution in [3.8, 4) is 6.07 Å². The van der Waals surface area contributed by atoms with Gasteiger partial charge in [-0.2, -0.15) is 5.26 Å². The lowest BCUT2D eigenvalue weighted by molar-refractivity contribution is -0.133. The molecule has 3 aromatic rings. The van der Waals surface area contributed by atoms with Crippen molar-refractivity contribution in [2.45, 2.75) is 54.6 Å².